The van der Waals surface area contributed by atoms with Gasteiger partial charge in [-0.2, -0.15) is 0 Å². The summed E-state index contributed by atoms with van der Waals surface area (Å²) < 4.78 is 11.0. The van der Waals surface area contributed by atoms with Crippen molar-refractivity contribution in [3.05, 3.63) is 54.1 Å². The molecule has 0 saturated carbocycles. The lowest BCUT2D eigenvalue weighted by atomic mass is 10.1. The molecule has 24 heavy (non-hydrogen) atoms. The van der Waals surface area contributed by atoms with Gasteiger partial charge in [-0.1, -0.05) is 18.2 Å². The van der Waals surface area contributed by atoms with Crippen LogP contribution >= 0.6 is 0 Å². The Hall–Kier alpha value is -3.02. The van der Waals surface area contributed by atoms with Gasteiger partial charge in [0.25, 0.3) is 5.91 Å². The fourth-order valence-corrected chi connectivity index (χ4v) is 2.51. The average Bonchev–Trinajstić information content (AvgIpc) is 2.60. The molecule has 0 atom stereocenters. The van der Waals surface area contributed by atoms with Gasteiger partial charge in [0, 0.05) is 6.54 Å². The summed E-state index contributed by atoms with van der Waals surface area (Å²) in [5, 5.41) is 9.03. The van der Waals surface area contributed by atoms with Gasteiger partial charge in [0.05, 0.1) is 17.9 Å². The van der Waals surface area contributed by atoms with Crippen molar-refractivity contribution < 1.29 is 24.2 Å². The zero-order chi connectivity index (χ0) is 16.9. The van der Waals surface area contributed by atoms with Crippen molar-refractivity contribution in [3.8, 4) is 11.5 Å². The molecule has 1 amide bonds. The van der Waals surface area contributed by atoms with Crippen LogP contribution in [0.25, 0.3) is 0 Å². The van der Waals surface area contributed by atoms with Gasteiger partial charge in [-0.05, 0) is 36.8 Å². The highest BCUT2D eigenvalue weighted by molar-refractivity contribution is 5.99. The van der Waals surface area contributed by atoms with Gasteiger partial charge in [-0.3, -0.25) is 4.79 Å². The van der Waals surface area contributed by atoms with Crippen LogP contribution in [0.5, 0.6) is 11.5 Å². The SMILES string of the molecule is O=C(O)c1ccc2c(c1)OCC(=O)N2CCCOc1ccccc1. The first-order valence-electron chi connectivity index (χ1n) is 7.63. The number of anilines is 1. The predicted octanol–water partition coefficient (Wildman–Crippen LogP) is 2.58. The van der Waals surface area contributed by atoms with E-state index >= 15 is 0 Å². The highest BCUT2D eigenvalue weighted by atomic mass is 16.5. The fourth-order valence-electron chi connectivity index (χ4n) is 2.51. The number of hydrogen-bond donors (Lipinski definition) is 1. The minimum atomic E-state index is -1.03. The third-order valence-electron chi connectivity index (χ3n) is 3.69. The summed E-state index contributed by atoms with van der Waals surface area (Å²) in [6.45, 7) is 0.876. The lowest BCUT2D eigenvalue weighted by Crippen LogP contribution is -2.39. The van der Waals surface area contributed by atoms with Gasteiger partial charge in [0.15, 0.2) is 6.61 Å². The number of nitrogens with zero attached hydrogens (tertiary/aromatic N) is 1. The van der Waals surface area contributed by atoms with Crippen LogP contribution in [0.15, 0.2) is 48.5 Å². The summed E-state index contributed by atoms with van der Waals surface area (Å²) >= 11 is 0. The molecular weight excluding hydrogens is 310 g/mol. The number of rotatable bonds is 6. The van der Waals surface area contributed by atoms with Crippen LogP contribution in [-0.4, -0.2) is 36.7 Å². The molecule has 6 nitrogen and oxygen atoms in total. The minimum absolute atomic E-state index is 0.0877. The zero-order valence-electron chi connectivity index (χ0n) is 13.0. The number of carbonyl (C=O) groups excluding carboxylic acids is 1. The zero-order valence-corrected chi connectivity index (χ0v) is 13.0. The third-order valence-corrected chi connectivity index (χ3v) is 3.69. The molecule has 2 aromatic rings. The number of carboxylic acid groups (broad SMARTS) is 1. The summed E-state index contributed by atoms with van der Waals surface area (Å²) in [5.74, 6) is 0.0298. The highest BCUT2D eigenvalue weighted by Crippen LogP contribution is 2.33. The summed E-state index contributed by atoms with van der Waals surface area (Å²) in [7, 11) is 0. The second-order valence-corrected chi connectivity index (χ2v) is 5.34. The Morgan fingerprint density at radius 1 is 1.21 bits per heavy atom. The number of para-hydroxylation sites is 1. The van der Waals surface area contributed by atoms with Gasteiger partial charge in [-0.15, -0.1) is 0 Å². The van der Waals surface area contributed by atoms with Crippen LogP contribution in [-0.2, 0) is 4.79 Å². The van der Waals surface area contributed by atoms with E-state index in [1.807, 2.05) is 30.3 Å². The first-order valence-corrected chi connectivity index (χ1v) is 7.63. The van der Waals surface area contributed by atoms with Crippen molar-refractivity contribution >= 4 is 17.6 Å². The van der Waals surface area contributed by atoms with E-state index in [1.165, 1.54) is 12.1 Å². The van der Waals surface area contributed by atoms with Crippen LogP contribution < -0.4 is 14.4 Å². The Balaban J connectivity index is 1.63. The van der Waals surface area contributed by atoms with Crippen molar-refractivity contribution in [2.75, 3.05) is 24.7 Å². The fraction of sp³-hybridized carbons (Fsp3) is 0.222. The topological polar surface area (TPSA) is 76.1 Å². The molecule has 0 aromatic heterocycles. The molecule has 0 bridgehead atoms. The Morgan fingerprint density at radius 2 is 2.00 bits per heavy atom. The Morgan fingerprint density at radius 3 is 2.75 bits per heavy atom. The number of aromatic carboxylic acids is 1. The lowest BCUT2D eigenvalue weighted by molar-refractivity contribution is -0.121. The van der Waals surface area contributed by atoms with E-state index in [0.717, 1.165) is 5.75 Å². The van der Waals surface area contributed by atoms with Gasteiger partial charge in [-0.25, -0.2) is 4.79 Å². The molecule has 0 aliphatic carbocycles. The van der Waals surface area contributed by atoms with E-state index in [4.69, 9.17) is 14.6 Å². The van der Waals surface area contributed by atoms with E-state index < -0.39 is 5.97 Å². The molecule has 0 fully saturated rings. The van der Waals surface area contributed by atoms with Crippen LogP contribution in [0.3, 0.4) is 0 Å². The van der Waals surface area contributed by atoms with Crippen LogP contribution in [0.2, 0.25) is 0 Å². The van der Waals surface area contributed by atoms with Crippen molar-refractivity contribution in [3.63, 3.8) is 0 Å². The molecule has 1 aliphatic heterocycles. The van der Waals surface area contributed by atoms with Crippen molar-refractivity contribution in [1.29, 1.82) is 0 Å². The smallest absolute Gasteiger partial charge is 0.335 e. The number of hydrogen-bond acceptors (Lipinski definition) is 4. The van der Waals surface area contributed by atoms with Crippen molar-refractivity contribution in [2.24, 2.45) is 0 Å². The number of benzene rings is 2. The first-order chi connectivity index (χ1) is 11.6. The molecule has 1 heterocycles. The van der Waals surface area contributed by atoms with Crippen LogP contribution in [0.4, 0.5) is 5.69 Å². The average molecular weight is 327 g/mol. The largest absolute Gasteiger partial charge is 0.494 e. The van der Waals surface area contributed by atoms with E-state index in [9.17, 15) is 9.59 Å². The molecule has 0 radical (unpaired) electrons. The van der Waals surface area contributed by atoms with E-state index in [-0.39, 0.29) is 18.1 Å². The molecule has 1 N–H and O–H groups in total. The van der Waals surface area contributed by atoms with Gasteiger partial charge in [0.1, 0.15) is 11.5 Å². The van der Waals surface area contributed by atoms with E-state index in [0.29, 0.717) is 31.0 Å². The molecule has 0 saturated heterocycles. The number of carbonyl (C=O) groups is 2. The third kappa shape index (κ3) is 3.48. The quantitative estimate of drug-likeness (QED) is 0.825. The standard InChI is InChI=1S/C18H17NO5/c20-17-12-24-16-11-13(18(21)22)7-8-15(16)19(17)9-4-10-23-14-5-2-1-3-6-14/h1-3,5-8,11H,4,9-10,12H2,(H,21,22). The Kier molecular flexibility index (Phi) is 4.65. The lowest BCUT2D eigenvalue weighted by Gasteiger charge is -2.29. The first kappa shape index (κ1) is 15.9. The van der Waals surface area contributed by atoms with E-state index in [1.54, 1.807) is 11.0 Å². The molecular formula is C18H17NO5. The van der Waals surface area contributed by atoms with E-state index in [2.05, 4.69) is 0 Å². The normalized spacial score (nSPS) is 13.2. The number of ether oxygens (including phenoxy) is 2. The van der Waals surface area contributed by atoms with Crippen molar-refractivity contribution in [1.82, 2.24) is 0 Å². The molecule has 2 aromatic carbocycles. The second kappa shape index (κ2) is 7.04. The predicted molar refractivity (Wildman–Crippen MR) is 87.8 cm³/mol. The summed E-state index contributed by atoms with van der Waals surface area (Å²) in [6, 6.07) is 14.0. The van der Waals surface area contributed by atoms with Crippen molar-refractivity contribution in [2.45, 2.75) is 6.42 Å². The molecule has 0 spiro atoms. The number of fused-ring (bicyclic) bond motifs is 1. The maximum Gasteiger partial charge on any atom is 0.335 e. The molecule has 6 heteroatoms. The Labute approximate surface area is 139 Å². The van der Waals surface area contributed by atoms with Gasteiger partial charge < -0.3 is 19.5 Å². The summed E-state index contributed by atoms with van der Waals surface area (Å²) in [6.07, 6.45) is 0.654. The summed E-state index contributed by atoms with van der Waals surface area (Å²) in [5.41, 5.74) is 0.728. The maximum atomic E-state index is 12.1. The van der Waals surface area contributed by atoms with Gasteiger partial charge >= 0.3 is 5.97 Å². The maximum absolute atomic E-state index is 12.1. The Bertz CT molecular complexity index is 744. The van der Waals surface area contributed by atoms with Crippen LogP contribution in [0, 0.1) is 0 Å². The molecule has 124 valence electrons. The highest BCUT2D eigenvalue weighted by Gasteiger charge is 2.26. The monoisotopic (exact) mass is 327 g/mol. The van der Waals surface area contributed by atoms with Gasteiger partial charge in [0.2, 0.25) is 0 Å². The summed E-state index contributed by atoms with van der Waals surface area (Å²) in [4.78, 5) is 24.7. The second-order valence-electron chi connectivity index (χ2n) is 5.34. The number of carboxylic acids is 1. The van der Waals surface area contributed by atoms with Crippen LogP contribution in [0.1, 0.15) is 16.8 Å². The molecule has 1 aliphatic rings. The number of amides is 1. The molecule has 3 rings (SSSR count). The molecule has 0 unspecified atom stereocenters. The minimum Gasteiger partial charge on any atom is -0.494 e.